The Hall–Kier alpha value is -0.570. The second-order valence-corrected chi connectivity index (χ2v) is 8.50. The average molecular weight is 304 g/mol. The summed E-state index contributed by atoms with van der Waals surface area (Å²) in [4.78, 5) is 2.88. The zero-order valence-electron chi connectivity index (χ0n) is 13.9. The molecule has 124 valence electrons. The summed E-state index contributed by atoms with van der Waals surface area (Å²) in [5.74, 6) is 2.54. The summed E-state index contributed by atoms with van der Waals surface area (Å²) in [5.41, 5.74) is 1.11. The molecule has 2 aliphatic heterocycles. The summed E-state index contributed by atoms with van der Waals surface area (Å²) in [5, 5.41) is 13.0. The highest BCUT2D eigenvalue weighted by molar-refractivity contribution is 5.87. The second-order valence-electron chi connectivity index (χ2n) is 8.50. The Morgan fingerprint density at radius 1 is 0.818 bits per heavy atom. The van der Waals surface area contributed by atoms with Gasteiger partial charge in [-0.15, -0.1) is 0 Å². The number of hydrogen-bond acceptors (Lipinski definition) is 3. The fourth-order valence-electron chi connectivity index (χ4n) is 6.04. The zero-order chi connectivity index (χ0) is 14.9. The van der Waals surface area contributed by atoms with Crippen molar-refractivity contribution in [2.75, 3.05) is 6.54 Å². The van der Waals surface area contributed by atoms with Crippen LogP contribution < -0.4 is 0 Å². The summed E-state index contributed by atoms with van der Waals surface area (Å²) in [6.07, 6.45) is 16.6. The van der Waals surface area contributed by atoms with Gasteiger partial charge < -0.3 is 5.21 Å². The minimum absolute atomic E-state index is 0.533. The van der Waals surface area contributed by atoms with Crippen molar-refractivity contribution in [2.45, 2.75) is 89.1 Å². The van der Waals surface area contributed by atoms with Crippen molar-refractivity contribution in [1.29, 1.82) is 0 Å². The lowest BCUT2D eigenvalue weighted by Crippen LogP contribution is -2.54. The Morgan fingerprint density at radius 3 is 2.23 bits per heavy atom. The number of hydrogen-bond donors (Lipinski definition) is 1. The molecule has 0 aromatic carbocycles. The Morgan fingerprint density at radius 2 is 1.50 bits per heavy atom. The van der Waals surface area contributed by atoms with Gasteiger partial charge >= 0.3 is 0 Å². The molecule has 5 aliphatic rings. The van der Waals surface area contributed by atoms with E-state index in [0.29, 0.717) is 12.0 Å². The van der Waals surface area contributed by atoms with Crippen LogP contribution in [0.2, 0.25) is 0 Å². The predicted octanol–water partition coefficient (Wildman–Crippen LogP) is 4.44. The standard InChI is InChI=1S/C19H32N2O/c22-20-19-12-17-8-4-3-7-16(19)13-21(17)18-10-14-5-1-2-6-15(9-14)11-18/h14-18,22H,1-13H2/b20-19+/t14-,15+,16?,17-,18?/m1/s1. The number of oxime groups is 1. The van der Waals surface area contributed by atoms with Crippen LogP contribution in [-0.4, -0.2) is 34.4 Å². The normalized spacial score (nSPS) is 45.3. The Bertz CT molecular complexity index is 408. The quantitative estimate of drug-likeness (QED) is 0.574. The van der Waals surface area contributed by atoms with Gasteiger partial charge in [0.2, 0.25) is 0 Å². The topological polar surface area (TPSA) is 35.8 Å². The average Bonchev–Trinajstić information content (AvgIpc) is 2.67. The van der Waals surface area contributed by atoms with E-state index >= 15 is 0 Å². The number of piperidine rings is 1. The van der Waals surface area contributed by atoms with Crippen molar-refractivity contribution in [2.24, 2.45) is 22.9 Å². The van der Waals surface area contributed by atoms with Gasteiger partial charge in [0.25, 0.3) is 0 Å². The molecular formula is C19H32N2O. The Labute approximate surface area is 135 Å². The van der Waals surface area contributed by atoms with Crippen LogP contribution in [0.1, 0.15) is 77.0 Å². The van der Waals surface area contributed by atoms with E-state index in [9.17, 15) is 5.21 Å². The predicted molar refractivity (Wildman–Crippen MR) is 89.4 cm³/mol. The third-order valence-corrected chi connectivity index (χ3v) is 7.11. The lowest BCUT2D eigenvalue weighted by Gasteiger charge is -2.49. The maximum atomic E-state index is 9.36. The first-order valence-corrected chi connectivity index (χ1v) is 9.80. The monoisotopic (exact) mass is 304 g/mol. The molecule has 3 saturated carbocycles. The van der Waals surface area contributed by atoms with E-state index in [-0.39, 0.29) is 0 Å². The molecule has 2 unspecified atom stereocenters. The molecule has 0 aromatic rings. The lowest BCUT2D eigenvalue weighted by molar-refractivity contribution is 0.0368. The van der Waals surface area contributed by atoms with Crippen LogP contribution in [0.25, 0.3) is 0 Å². The van der Waals surface area contributed by atoms with E-state index < -0.39 is 0 Å². The van der Waals surface area contributed by atoms with Gasteiger partial charge in [-0.05, 0) is 43.9 Å². The zero-order valence-corrected chi connectivity index (χ0v) is 13.9. The molecule has 2 heterocycles. The Balaban J connectivity index is 1.52. The van der Waals surface area contributed by atoms with E-state index in [1.165, 1.54) is 77.2 Å². The molecule has 5 atom stereocenters. The van der Waals surface area contributed by atoms with Crippen molar-refractivity contribution in [3.05, 3.63) is 0 Å². The fraction of sp³-hybridized carbons (Fsp3) is 0.947. The van der Waals surface area contributed by atoms with Crippen LogP contribution in [0, 0.1) is 17.8 Å². The molecule has 2 saturated heterocycles. The molecular weight excluding hydrogens is 272 g/mol. The van der Waals surface area contributed by atoms with Gasteiger partial charge in [0.05, 0.1) is 5.71 Å². The highest BCUT2D eigenvalue weighted by Gasteiger charge is 2.41. The van der Waals surface area contributed by atoms with Crippen LogP contribution in [0.15, 0.2) is 5.16 Å². The van der Waals surface area contributed by atoms with E-state index in [0.717, 1.165) is 30.0 Å². The summed E-state index contributed by atoms with van der Waals surface area (Å²) >= 11 is 0. The van der Waals surface area contributed by atoms with E-state index in [2.05, 4.69) is 10.1 Å². The van der Waals surface area contributed by atoms with Gasteiger partial charge in [0.1, 0.15) is 0 Å². The summed E-state index contributed by atoms with van der Waals surface area (Å²) < 4.78 is 0. The Kier molecular flexibility index (Phi) is 4.43. The fourth-order valence-corrected chi connectivity index (χ4v) is 6.04. The largest absolute Gasteiger partial charge is 0.411 e. The number of rotatable bonds is 1. The first-order chi connectivity index (χ1) is 10.8. The molecule has 0 spiro atoms. The summed E-state index contributed by atoms with van der Waals surface area (Å²) in [7, 11) is 0. The van der Waals surface area contributed by atoms with E-state index in [1.54, 1.807) is 0 Å². The van der Waals surface area contributed by atoms with Gasteiger partial charge in [-0.3, -0.25) is 4.90 Å². The molecule has 0 radical (unpaired) electrons. The minimum Gasteiger partial charge on any atom is -0.411 e. The van der Waals surface area contributed by atoms with Crippen molar-refractivity contribution < 1.29 is 5.21 Å². The molecule has 0 aromatic heterocycles. The minimum atomic E-state index is 0.533. The molecule has 3 nitrogen and oxygen atoms in total. The first kappa shape index (κ1) is 15.0. The third-order valence-electron chi connectivity index (χ3n) is 7.11. The van der Waals surface area contributed by atoms with Crippen molar-refractivity contribution in [3.8, 4) is 0 Å². The molecule has 0 amide bonds. The number of nitrogens with zero attached hydrogens (tertiary/aromatic N) is 2. The van der Waals surface area contributed by atoms with E-state index in [4.69, 9.17) is 0 Å². The summed E-state index contributed by atoms with van der Waals surface area (Å²) in [6, 6.07) is 1.49. The molecule has 4 bridgehead atoms. The molecule has 3 aliphatic carbocycles. The van der Waals surface area contributed by atoms with Gasteiger partial charge in [0, 0.05) is 31.0 Å². The maximum absolute atomic E-state index is 9.36. The van der Waals surface area contributed by atoms with Crippen molar-refractivity contribution >= 4 is 5.71 Å². The van der Waals surface area contributed by atoms with Crippen molar-refractivity contribution in [1.82, 2.24) is 4.90 Å². The second kappa shape index (κ2) is 6.51. The van der Waals surface area contributed by atoms with E-state index in [1.807, 2.05) is 0 Å². The van der Waals surface area contributed by atoms with Crippen LogP contribution >= 0.6 is 0 Å². The lowest BCUT2D eigenvalue weighted by atomic mass is 9.74. The molecule has 5 rings (SSSR count). The highest BCUT2D eigenvalue weighted by Crippen LogP contribution is 2.43. The van der Waals surface area contributed by atoms with Crippen LogP contribution in [0.5, 0.6) is 0 Å². The smallest absolute Gasteiger partial charge is 0.0629 e. The highest BCUT2D eigenvalue weighted by atomic mass is 16.4. The summed E-state index contributed by atoms with van der Waals surface area (Å²) in [6.45, 7) is 1.17. The molecule has 1 N–H and O–H groups in total. The van der Waals surface area contributed by atoms with Crippen LogP contribution in [0.3, 0.4) is 0 Å². The molecule has 5 fully saturated rings. The number of fused-ring (bicyclic) bond motifs is 7. The van der Waals surface area contributed by atoms with Crippen molar-refractivity contribution in [3.63, 3.8) is 0 Å². The van der Waals surface area contributed by atoms with Crippen LogP contribution in [0.4, 0.5) is 0 Å². The van der Waals surface area contributed by atoms with Gasteiger partial charge in [-0.1, -0.05) is 43.7 Å². The molecule has 22 heavy (non-hydrogen) atoms. The maximum Gasteiger partial charge on any atom is 0.0629 e. The SMILES string of the molecule is O/N=C1\C[C@H]2CCCCC1CN2C1C[C@H]2CCCC[C@@H](C1)C2. The van der Waals surface area contributed by atoms with Crippen LogP contribution in [-0.2, 0) is 0 Å². The van der Waals surface area contributed by atoms with Gasteiger partial charge in [-0.2, -0.15) is 0 Å². The molecule has 3 heteroatoms. The third kappa shape index (κ3) is 2.93. The first-order valence-electron chi connectivity index (χ1n) is 9.80. The van der Waals surface area contributed by atoms with Gasteiger partial charge in [0.15, 0.2) is 0 Å². The van der Waals surface area contributed by atoms with Gasteiger partial charge in [-0.25, -0.2) is 0 Å².